The summed E-state index contributed by atoms with van der Waals surface area (Å²) in [5.41, 5.74) is 0.868. The molecule has 8 heavy (non-hydrogen) atoms. The van der Waals surface area contributed by atoms with Crippen LogP contribution in [0.3, 0.4) is 0 Å². The summed E-state index contributed by atoms with van der Waals surface area (Å²) in [6, 6.07) is 2.00. The van der Waals surface area contributed by atoms with E-state index in [9.17, 15) is 0 Å². The standard InChI is InChI=1S/C5H5N3/c6-2-1-5-3-7-4-8-5/h3-4H,1H2,(H,7,8). The highest BCUT2D eigenvalue weighted by molar-refractivity contribution is 5.00. The summed E-state index contributed by atoms with van der Waals surface area (Å²) in [4.78, 5) is 6.54. The van der Waals surface area contributed by atoms with E-state index in [2.05, 4.69) is 9.97 Å². The van der Waals surface area contributed by atoms with E-state index in [1.54, 1.807) is 12.5 Å². The second kappa shape index (κ2) is 2.12. The SMILES string of the molecule is N#CCc1cnc[nH]1. The van der Waals surface area contributed by atoms with Crippen molar-refractivity contribution in [1.82, 2.24) is 9.97 Å². The van der Waals surface area contributed by atoms with Crippen molar-refractivity contribution in [1.29, 1.82) is 5.26 Å². The van der Waals surface area contributed by atoms with Crippen molar-refractivity contribution >= 4 is 0 Å². The molecule has 0 aromatic carbocycles. The molecule has 1 aromatic rings. The van der Waals surface area contributed by atoms with Gasteiger partial charge in [0, 0.05) is 11.9 Å². The third kappa shape index (κ3) is 0.850. The Bertz CT molecular complexity index is 182. The normalized spacial score (nSPS) is 8.38. The van der Waals surface area contributed by atoms with Gasteiger partial charge in [0.05, 0.1) is 18.8 Å². The lowest BCUT2D eigenvalue weighted by Gasteiger charge is -1.77. The molecular formula is C5H5N3. The maximum Gasteiger partial charge on any atom is 0.0922 e. The van der Waals surface area contributed by atoms with Crippen LogP contribution in [-0.2, 0) is 6.42 Å². The van der Waals surface area contributed by atoms with Crippen LogP contribution in [0.25, 0.3) is 0 Å². The van der Waals surface area contributed by atoms with Gasteiger partial charge in [0.2, 0.25) is 0 Å². The Morgan fingerprint density at radius 1 is 1.88 bits per heavy atom. The molecule has 1 aromatic heterocycles. The number of imidazole rings is 1. The first-order valence-electron chi connectivity index (χ1n) is 2.27. The van der Waals surface area contributed by atoms with Crippen molar-refractivity contribution in [2.45, 2.75) is 6.42 Å². The van der Waals surface area contributed by atoms with E-state index >= 15 is 0 Å². The third-order valence-corrected chi connectivity index (χ3v) is 0.824. The minimum absolute atomic E-state index is 0.417. The second-order valence-corrected chi connectivity index (χ2v) is 1.41. The van der Waals surface area contributed by atoms with Gasteiger partial charge in [0.1, 0.15) is 0 Å². The molecule has 0 amide bonds. The molecule has 3 heteroatoms. The van der Waals surface area contributed by atoms with Crippen molar-refractivity contribution in [2.75, 3.05) is 0 Å². The molecule has 1 heterocycles. The Kier molecular flexibility index (Phi) is 1.29. The van der Waals surface area contributed by atoms with Crippen LogP contribution >= 0.6 is 0 Å². The van der Waals surface area contributed by atoms with E-state index in [1.807, 2.05) is 6.07 Å². The fourth-order valence-electron chi connectivity index (χ4n) is 0.467. The first-order chi connectivity index (χ1) is 3.93. The molecule has 0 saturated carbocycles. The largest absolute Gasteiger partial charge is 0.348 e. The van der Waals surface area contributed by atoms with E-state index in [0.29, 0.717) is 6.42 Å². The van der Waals surface area contributed by atoms with Gasteiger partial charge in [-0.25, -0.2) is 4.98 Å². The Morgan fingerprint density at radius 3 is 3.25 bits per heavy atom. The molecule has 0 saturated heterocycles. The molecule has 0 aliphatic rings. The number of nitrogens with one attached hydrogen (secondary N) is 1. The van der Waals surface area contributed by atoms with Crippen molar-refractivity contribution in [3.05, 3.63) is 18.2 Å². The lowest BCUT2D eigenvalue weighted by atomic mass is 10.4. The molecular weight excluding hydrogens is 102 g/mol. The molecule has 0 unspecified atom stereocenters. The quantitative estimate of drug-likeness (QED) is 0.567. The summed E-state index contributed by atoms with van der Waals surface area (Å²) in [7, 11) is 0. The molecule has 1 N–H and O–H groups in total. The molecule has 1 rings (SSSR count). The number of rotatable bonds is 1. The average molecular weight is 107 g/mol. The molecule has 0 atom stereocenters. The van der Waals surface area contributed by atoms with Crippen LogP contribution in [0.1, 0.15) is 5.69 Å². The first kappa shape index (κ1) is 4.85. The van der Waals surface area contributed by atoms with E-state index in [4.69, 9.17) is 5.26 Å². The van der Waals surface area contributed by atoms with Crippen LogP contribution in [0.2, 0.25) is 0 Å². The van der Waals surface area contributed by atoms with Crippen LogP contribution in [0, 0.1) is 11.3 Å². The van der Waals surface area contributed by atoms with Gasteiger partial charge in [-0.1, -0.05) is 0 Å². The fourth-order valence-corrected chi connectivity index (χ4v) is 0.467. The van der Waals surface area contributed by atoms with Crippen molar-refractivity contribution in [2.24, 2.45) is 0 Å². The molecule has 0 bridgehead atoms. The fraction of sp³-hybridized carbons (Fsp3) is 0.200. The topological polar surface area (TPSA) is 52.5 Å². The van der Waals surface area contributed by atoms with Gasteiger partial charge in [-0.15, -0.1) is 0 Å². The summed E-state index contributed by atoms with van der Waals surface area (Å²) < 4.78 is 0. The van der Waals surface area contributed by atoms with Gasteiger partial charge in [0.25, 0.3) is 0 Å². The molecule has 0 spiro atoms. The Hall–Kier alpha value is -1.30. The Labute approximate surface area is 47.0 Å². The highest BCUT2D eigenvalue weighted by atomic mass is 14.9. The number of H-pyrrole nitrogens is 1. The highest BCUT2D eigenvalue weighted by Crippen LogP contribution is 1.88. The van der Waals surface area contributed by atoms with E-state index in [0.717, 1.165) is 5.69 Å². The van der Waals surface area contributed by atoms with Gasteiger partial charge in [-0.2, -0.15) is 5.26 Å². The van der Waals surface area contributed by atoms with Gasteiger partial charge < -0.3 is 4.98 Å². The zero-order chi connectivity index (χ0) is 5.82. The van der Waals surface area contributed by atoms with Gasteiger partial charge in [-0.05, 0) is 0 Å². The van der Waals surface area contributed by atoms with Crippen LogP contribution < -0.4 is 0 Å². The number of hydrogen-bond acceptors (Lipinski definition) is 2. The van der Waals surface area contributed by atoms with E-state index in [-0.39, 0.29) is 0 Å². The lowest BCUT2D eigenvalue weighted by molar-refractivity contribution is 1.16. The minimum Gasteiger partial charge on any atom is -0.348 e. The third-order valence-electron chi connectivity index (χ3n) is 0.824. The number of nitriles is 1. The number of aromatic nitrogens is 2. The molecule has 3 nitrogen and oxygen atoms in total. The zero-order valence-corrected chi connectivity index (χ0v) is 4.26. The molecule has 0 fully saturated rings. The van der Waals surface area contributed by atoms with Crippen LogP contribution in [0.4, 0.5) is 0 Å². The highest BCUT2D eigenvalue weighted by Gasteiger charge is 1.86. The van der Waals surface area contributed by atoms with Crippen molar-refractivity contribution in [3.8, 4) is 6.07 Å². The maximum absolute atomic E-state index is 8.14. The summed E-state index contributed by atoms with van der Waals surface area (Å²) in [6.45, 7) is 0. The zero-order valence-electron chi connectivity index (χ0n) is 4.26. The number of nitrogens with zero attached hydrogens (tertiary/aromatic N) is 2. The first-order valence-corrected chi connectivity index (χ1v) is 2.27. The average Bonchev–Trinajstić information content (AvgIpc) is 2.19. The van der Waals surface area contributed by atoms with Gasteiger partial charge in [0.15, 0.2) is 0 Å². The summed E-state index contributed by atoms with van der Waals surface area (Å²) >= 11 is 0. The van der Waals surface area contributed by atoms with Crippen LogP contribution in [0.5, 0.6) is 0 Å². The summed E-state index contributed by atoms with van der Waals surface area (Å²) in [6.07, 6.45) is 3.62. The Balaban J connectivity index is 2.67. The van der Waals surface area contributed by atoms with Crippen LogP contribution in [0.15, 0.2) is 12.5 Å². The molecule has 0 aliphatic heterocycles. The number of aromatic amines is 1. The number of hydrogen-bond donors (Lipinski definition) is 1. The molecule has 40 valence electrons. The monoisotopic (exact) mass is 107 g/mol. The van der Waals surface area contributed by atoms with Crippen molar-refractivity contribution < 1.29 is 0 Å². The summed E-state index contributed by atoms with van der Waals surface area (Å²) in [5, 5.41) is 8.14. The van der Waals surface area contributed by atoms with Crippen LogP contribution in [-0.4, -0.2) is 9.97 Å². The summed E-state index contributed by atoms with van der Waals surface area (Å²) in [5.74, 6) is 0. The predicted octanol–water partition coefficient (Wildman–Crippen LogP) is 0.476. The second-order valence-electron chi connectivity index (χ2n) is 1.41. The molecule has 0 aliphatic carbocycles. The van der Waals surface area contributed by atoms with E-state index < -0.39 is 0 Å². The van der Waals surface area contributed by atoms with Gasteiger partial charge >= 0.3 is 0 Å². The van der Waals surface area contributed by atoms with Crippen molar-refractivity contribution in [3.63, 3.8) is 0 Å². The van der Waals surface area contributed by atoms with Gasteiger partial charge in [-0.3, -0.25) is 0 Å². The van der Waals surface area contributed by atoms with E-state index in [1.165, 1.54) is 0 Å². The lowest BCUT2D eigenvalue weighted by Crippen LogP contribution is -1.76. The predicted molar refractivity (Wildman–Crippen MR) is 27.9 cm³/mol. The smallest absolute Gasteiger partial charge is 0.0922 e. The Morgan fingerprint density at radius 2 is 2.75 bits per heavy atom. The molecule has 0 radical (unpaired) electrons. The minimum atomic E-state index is 0.417. The maximum atomic E-state index is 8.14.